The van der Waals surface area contributed by atoms with Crippen LogP contribution in [0.25, 0.3) is 0 Å². The van der Waals surface area contributed by atoms with Crippen molar-refractivity contribution in [3.8, 4) is 0 Å². The largest absolute Gasteiger partial charge is 0.369 e. The number of ether oxygens (including phenoxy) is 1. The Morgan fingerprint density at radius 2 is 2.28 bits per heavy atom. The Balaban J connectivity index is 2.37. The predicted octanol–water partition coefficient (Wildman–Crippen LogP) is 3.22. The Bertz CT molecular complexity index is 478. The van der Waals surface area contributed by atoms with E-state index in [9.17, 15) is 13.6 Å². The number of rotatable bonds is 3. The Kier molecular flexibility index (Phi) is 4.01. The fourth-order valence-corrected chi connectivity index (χ4v) is 3.19. The van der Waals surface area contributed by atoms with Gasteiger partial charge in [-0.1, -0.05) is 28.7 Å². The molecule has 0 unspecified atom stereocenters. The van der Waals surface area contributed by atoms with Crippen LogP contribution in [0.4, 0.5) is 8.78 Å². The van der Waals surface area contributed by atoms with E-state index in [1.165, 1.54) is 19.1 Å². The van der Waals surface area contributed by atoms with E-state index in [-0.39, 0.29) is 11.7 Å². The second kappa shape index (κ2) is 5.21. The van der Waals surface area contributed by atoms with Crippen molar-refractivity contribution < 1.29 is 18.3 Å². The molecule has 0 amide bonds. The molecule has 5 heteroatoms. The summed E-state index contributed by atoms with van der Waals surface area (Å²) in [4.78, 5) is 11.4. The van der Waals surface area contributed by atoms with E-state index in [1.54, 1.807) is 0 Å². The van der Waals surface area contributed by atoms with Gasteiger partial charge < -0.3 is 4.74 Å². The number of halogens is 3. The molecule has 0 aliphatic carbocycles. The van der Waals surface area contributed by atoms with Gasteiger partial charge in [-0.3, -0.25) is 4.79 Å². The zero-order valence-corrected chi connectivity index (χ0v) is 12.0. The Morgan fingerprint density at radius 3 is 2.78 bits per heavy atom. The fourth-order valence-electron chi connectivity index (χ4n) is 2.25. The summed E-state index contributed by atoms with van der Waals surface area (Å²) in [5, 5.41) is 0. The number of carbonyl (C=O) groups excluding carboxylic acids is 1. The van der Waals surface area contributed by atoms with Crippen molar-refractivity contribution in [3.05, 3.63) is 35.4 Å². The second-order valence-corrected chi connectivity index (χ2v) is 5.34. The maximum absolute atomic E-state index is 13.9. The van der Waals surface area contributed by atoms with Crippen LogP contribution in [-0.4, -0.2) is 16.8 Å². The molecular formula is C13H13F2IO2. The van der Waals surface area contributed by atoms with Crippen LogP contribution in [0.15, 0.2) is 18.2 Å². The molecule has 0 N–H and O–H groups in total. The van der Waals surface area contributed by atoms with Crippen LogP contribution in [0.3, 0.4) is 0 Å². The topological polar surface area (TPSA) is 26.3 Å². The van der Waals surface area contributed by atoms with Crippen molar-refractivity contribution in [1.29, 1.82) is 0 Å². The van der Waals surface area contributed by atoms with Crippen molar-refractivity contribution in [2.45, 2.75) is 18.9 Å². The minimum atomic E-state index is -0.811. The van der Waals surface area contributed by atoms with Crippen LogP contribution < -0.4 is 0 Å². The molecule has 0 saturated carbocycles. The summed E-state index contributed by atoms with van der Waals surface area (Å²) in [5.41, 5.74) is -0.476. The van der Waals surface area contributed by atoms with Gasteiger partial charge in [-0.15, -0.1) is 0 Å². The summed E-state index contributed by atoms with van der Waals surface area (Å²) in [6.45, 7) is 1.81. The molecular weight excluding hydrogens is 353 g/mol. The zero-order valence-electron chi connectivity index (χ0n) is 9.88. The summed E-state index contributed by atoms with van der Waals surface area (Å²) >= 11 is 2.11. The van der Waals surface area contributed by atoms with Crippen molar-refractivity contribution in [3.63, 3.8) is 0 Å². The smallest absolute Gasteiger partial charge is 0.135 e. The maximum Gasteiger partial charge on any atom is 0.135 e. The van der Waals surface area contributed by atoms with Gasteiger partial charge in [0.05, 0.1) is 6.61 Å². The highest BCUT2D eigenvalue weighted by Gasteiger charge is 2.44. The molecule has 18 heavy (non-hydrogen) atoms. The van der Waals surface area contributed by atoms with Gasteiger partial charge in [0, 0.05) is 22.0 Å². The first-order valence-corrected chi connectivity index (χ1v) is 7.17. The number of benzene rings is 1. The molecule has 2 atom stereocenters. The highest BCUT2D eigenvalue weighted by molar-refractivity contribution is 14.1. The summed E-state index contributed by atoms with van der Waals surface area (Å²) < 4.78 is 33.0. The maximum atomic E-state index is 13.9. The van der Waals surface area contributed by atoms with Gasteiger partial charge in [-0.25, -0.2) is 8.78 Å². The van der Waals surface area contributed by atoms with E-state index in [1.807, 2.05) is 0 Å². The second-order valence-electron chi connectivity index (χ2n) is 4.57. The lowest BCUT2D eigenvalue weighted by molar-refractivity contribution is -0.120. The molecule has 1 aliphatic rings. The first-order chi connectivity index (χ1) is 8.48. The predicted molar refractivity (Wildman–Crippen MR) is 71.7 cm³/mol. The molecule has 0 spiro atoms. The molecule has 0 radical (unpaired) electrons. The number of ketones is 1. The van der Waals surface area contributed by atoms with Crippen molar-refractivity contribution >= 4 is 28.4 Å². The van der Waals surface area contributed by atoms with Crippen molar-refractivity contribution in [1.82, 2.24) is 0 Å². The van der Waals surface area contributed by atoms with E-state index in [0.717, 1.165) is 6.07 Å². The average molecular weight is 366 g/mol. The van der Waals surface area contributed by atoms with Gasteiger partial charge in [0.2, 0.25) is 0 Å². The van der Waals surface area contributed by atoms with Gasteiger partial charge in [-0.05, 0) is 19.4 Å². The van der Waals surface area contributed by atoms with Gasteiger partial charge >= 0.3 is 0 Å². The van der Waals surface area contributed by atoms with Gasteiger partial charge in [0.15, 0.2) is 0 Å². The molecule has 1 aromatic rings. The summed E-state index contributed by atoms with van der Waals surface area (Å²) in [6, 6.07) is 3.48. The molecule has 1 saturated heterocycles. The number of hydrogen-bond donors (Lipinski definition) is 0. The Labute approximate surface area is 118 Å². The monoisotopic (exact) mass is 366 g/mol. The van der Waals surface area contributed by atoms with E-state index in [4.69, 9.17) is 4.74 Å². The van der Waals surface area contributed by atoms with Crippen molar-refractivity contribution in [2.24, 2.45) is 5.92 Å². The summed E-state index contributed by atoms with van der Waals surface area (Å²) in [5.74, 6) is -1.38. The highest BCUT2D eigenvalue weighted by Crippen LogP contribution is 2.42. The van der Waals surface area contributed by atoms with E-state index < -0.39 is 17.2 Å². The van der Waals surface area contributed by atoms with Crippen LogP contribution in [0, 0.1) is 17.6 Å². The Hall–Kier alpha value is -0.560. The molecule has 0 bridgehead atoms. The quantitative estimate of drug-likeness (QED) is 0.607. The lowest BCUT2D eigenvalue weighted by Gasteiger charge is -2.27. The summed E-state index contributed by atoms with van der Waals surface area (Å²) in [6.07, 6.45) is 0.452. The molecule has 2 rings (SSSR count). The fraction of sp³-hybridized carbons (Fsp3) is 0.462. The minimum absolute atomic E-state index is 0.0456. The first kappa shape index (κ1) is 13.9. The SMILES string of the molecule is CC(=O)[C@@H]1CO[C@@](CI)(c2ccc(F)cc2F)C1. The molecule has 1 heterocycles. The number of hydrogen-bond acceptors (Lipinski definition) is 2. The third-order valence-corrected chi connectivity index (χ3v) is 4.58. The van der Waals surface area contributed by atoms with E-state index in [2.05, 4.69) is 22.6 Å². The Morgan fingerprint density at radius 1 is 1.56 bits per heavy atom. The van der Waals surface area contributed by atoms with E-state index in [0.29, 0.717) is 23.0 Å². The molecule has 2 nitrogen and oxygen atoms in total. The van der Waals surface area contributed by atoms with Crippen LogP contribution in [-0.2, 0) is 15.1 Å². The zero-order chi connectivity index (χ0) is 13.3. The van der Waals surface area contributed by atoms with Gasteiger partial charge in [-0.2, -0.15) is 0 Å². The standard InChI is InChI=1S/C13H13F2IO2/c1-8(17)9-5-13(7-16,18-6-9)11-3-2-10(14)4-12(11)15/h2-4,9H,5-7H2,1H3/t9-,13-/m0/s1. The molecule has 98 valence electrons. The van der Waals surface area contributed by atoms with Crippen LogP contribution in [0.5, 0.6) is 0 Å². The highest BCUT2D eigenvalue weighted by atomic mass is 127. The van der Waals surface area contributed by atoms with Crippen molar-refractivity contribution in [2.75, 3.05) is 11.0 Å². The summed E-state index contributed by atoms with van der Waals surface area (Å²) in [7, 11) is 0. The normalized spacial score (nSPS) is 27.4. The first-order valence-electron chi connectivity index (χ1n) is 5.64. The number of Topliss-reactive ketones (excluding diaryl/α,β-unsaturated/α-hetero) is 1. The molecule has 1 aromatic carbocycles. The third kappa shape index (κ3) is 2.42. The number of alkyl halides is 1. The van der Waals surface area contributed by atoms with Gasteiger partial charge in [0.1, 0.15) is 23.0 Å². The molecule has 0 aromatic heterocycles. The average Bonchev–Trinajstić information content (AvgIpc) is 2.74. The van der Waals surface area contributed by atoms with Crippen LogP contribution in [0.2, 0.25) is 0 Å². The van der Waals surface area contributed by atoms with Crippen LogP contribution >= 0.6 is 22.6 Å². The lowest BCUT2D eigenvalue weighted by Crippen LogP contribution is -2.28. The third-order valence-electron chi connectivity index (χ3n) is 3.35. The van der Waals surface area contributed by atoms with E-state index >= 15 is 0 Å². The minimum Gasteiger partial charge on any atom is -0.369 e. The molecule has 1 fully saturated rings. The molecule has 1 aliphatic heterocycles. The van der Waals surface area contributed by atoms with Crippen LogP contribution in [0.1, 0.15) is 18.9 Å². The lowest BCUT2D eigenvalue weighted by atomic mass is 9.87. The number of carbonyl (C=O) groups is 1. The van der Waals surface area contributed by atoms with Gasteiger partial charge in [0.25, 0.3) is 0 Å².